The van der Waals surface area contributed by atoms with E-state index in [9.17, 15) is 4.79 Å². The summed E-state index contributed by atoms with van der Waals surface area (Å²) in [5.74, 6) is 0.450. The van der Waals surface area contributed by atoms with Crippen LogP contribution in [0.1, 0.15) is 5.69 Å². The summed E-state index contributed by atoms with van der Waals surface area (Å²) in [5.41, 5.74) is 5.86. The first kappa shape index (κ1) is 11.5. The monoisotopic (exact) mass is 228 g/mol. The number of thioether (sulfide) groups is 1. The molecule has 0 atom stereocenters. The van der Waals surface area contributed by atoms with Gasteiger partial charge in [0, 0.05) is 18.4 Å². The zero-order valence-corrected chi connectivity index (χ0v) is 8.80. The van der Waals surface area contributed by atoms with Gasteiger partial charge in [-0.25, -0.2) is 0 Å². The minimum atomic E-state index is -0.194. The van der Waals surface area contributed by atoms with E-state index in [1.807, 2.05) is 0 Å². The van der Waals surface area contributed by atoms with Crippen molar-refractivity contribution in [3.8, 4) is 0 Å². The van der Waals surface area contributed by atoms with Crippen LogP contribution in [0.25, 0.3) is 0 Å². The first-order chi connectivity index (χ1) is 7.18. The highest BCUT2D eigenvalue weighted by molar-refractivity contribution is 8.13. The number of aryl methyl sites for hydroxylation is 1. The number of nitrogens with zero attached hydrogens (tertiary/aromatic N) is 2. The lowest BCUT2D eigenvalue weighted by atomic mass is 10.4. The Hall–Kier alpha value is -1.57. The molecule has 0 saturated heterocycles. The number of aromatic amines is 1. The lowest BCUT2D eigenvalue weighted by Gasteiger charge is -2.01. The maximum absolute atomic E-state index is 11.2. The van der Waals surface area contributed by atoms with Crippen LogP contribution in [0.4, 0.5) is 0 Å². The minimum absolute atomic E-state index is 0.0475. The molecule has 1 heterocycles. The van der Waals surface area contributed by atoms with Crippen molar-refractivity contribution in [3.63, 3.8) is 0 Å². The van der Waals surface area contributed by atoms with Crippen LogP contribution in [-0.4, -0.2) is 38.8 Å². The number of nitrogens with one attached hydrogen (secondary N) is 3. The molecule has 0 aliphatic carbocycles. The van der Waals surface area contributed by atoms with Crippen LogP contribution in [0.5, 0.6) is 0 Å². The van der Waals surface area contributed by atoms with Gasteiger partial charge in [-0.05, 0) is 0 Å². The Balaban J connectivity index is 2.09. The van der Waals surface area contributed by atoms with Gasteiger partial charge in [0.1, 0.15) is 0 Å². The van der Waals surface area contributed by atoms with Crippen molar-refractivity contribution in [2.75, 3.05) is 12.3 Å². The van der Waals surface area contributed by atoms with Gasteiger partial charge in [-0.2, -0.15) is 0 Å². The van der Waals surface area contributed by atoms with Gasteiger partial charge in [0.2, 0.25) is 5.12 Å². The molecule has 15 heavy (non-hydrogen) atoms. The molecule has 8 heteroatoms. The summed E-state index contributed by atoms with van der Waals surface area (Å²) >= 11 is 1.18. The number of nitrogens with two attached hydrogens (primary N) is 1. The molecule has 0 unspecified atom stereocenters. The molecule has 0 saturated carbocycles. The predicted molar refractivity (Wildman–Crippen MR) is 57.5 cm³/mol. The Bertz CT molecular complexity index is 324. The zero-order chi connectivity index (χ0) is 11.1. The highest BCUT2D eigenvalue weighted by Gasteiger charge is 2.03. The second-order valence-corrected chi connectivity index (χ2v) is 3.85. The Morgan fingerprint density at radius 1 is 1.73 bits per heavy atom. The highest BCUT2D eigenvalue weighted by Crippen LogP contribution is 2.04. The number of aromatic nitrogens is 3. The van der Waals surface area contributed by atoms with Crippen molar-refractivity contribution in [1.29, 1.82) is 5.41 Å². The molecule has 82 valence electrons. The third kappa shape index (κ3) is 5.01. The van der Waals surface area contributed by atoms with Crippen LogP contribution < -0.4 is 11.1 Å². The van der Waals surface area contributed by atoms with Gasteiger partial charge in [-0.15, -0.1) is 5.10 Å². The van der Waals surface area contributed by atoms with E-state index in [-0.39, 0.29) is 17.6 Å². The molecule has 7 nitrogen and oxygen atoms in total. The second kappa shape index (κ2) is 6.02. The fourth-order valence-electron chi connectivity index (χ4n) is 0.835. The third-order valence-electron chi connectivity index (χ3n) is 1.51. The van der Waals surface area contributed by atoms with Gasteiger partial charge >= 0.3 is 0 Å². The number of H-pyrrole nitrogens is 1. The van der Waals surface area contributed by atoms with Crippen LogP contribution in [0.15, 0.2) is 6.20 Å². The molecule has 1 rings (SSSR count). The lowest BCUT2D eigenvalue weighted by molar-refractivity contribution is -0.110. The topological polar surface area (TPSA) is 121 Å². The standard InChI is InChI=1S/C7H12N6OS/c8-7(9)10-4-6(14)15-2-1-5-3-11-13-12-5/h3H,1-2,4H2,(H4,8,9,10)(H,11,12,13). The molecular weight excluding hydrogens is 216 g/mol. The maximum atomic E-state index is 11.2. The van der Waals surface area contributed by atoms with E-state index in [1.165, 1.54) is 11.8 Å². The molecule has 0 radical (unpaired) electrons. The van der Waals surface area contributed by atoms with Gasteiger partial charge in [0.05, 0.1) is 12.2 Å². The summed E-state index contributed by atoms with van der Waals surface area (Å²) in [6.07, 6.45) is 2.38. The highest BCUT2D eigenvalue weighted by atomic mass is 32.2. The largest absolute Gasteiger partial charge is 0.370 e. The molecule has 5 N–H and O–H groups in total. The summed E-state index contributed by atoms with van der Waals surface area (Å²) in [6, 6.07) is 0. The summed E-state index contributed by atoms with van der Waals surface area (Å²) in [7, 11) is 0. The fraction of sp³-hybridized carbons (Fsp3) is 0.429. The van der Waals surface area contributed by atoms with Crippen LogP contribution >= 0.6 is 11.8 Å². The van der Waals surface area contributed by atoms with E-state index in [4.69, 9.17) is 11.1 Å². The van der Waals surface area contributed by atoms with Gasteiger partial charge in [-0.1, -0.05) is 17.0 Å². The first-order valence-electron chi connectivity index (χ1n) is 4.27. The summed E-state index contributed by atoms with van der Waals surface area (Å²) in [6.45, 7) is 0.0822. The molecule has 0 aliphatic rings. The summed E-state index contributed by atoms with van der Waals surface area (Å²) in [4.78, 5) is 11.2. The van der Waals surface area contributed by atoms with Crippen molar-refractivity contribution >= 4 is 22.8 Å². The average molecular weight is 228 g/mol. The van der Waals surface area contributed by atoms with Gasteiger partial charge in [0.25, 0.3) is 0 Å². The molecular formula is C7H12N6OS. The van der Waals surface area contributed by atoms with Crippen LogP contribution in [0, 0.1) is 5.41 Å². The first-order valence-corrected chi connectivity index (χ1v) is 5.26. The Kier molecular flexibility index (Phi) is 4.61. The van der Waals surface area contributed by atoms with E-state index >= 15 is 0 Å². The lowest BCUT2D eigenvalue weighted by Crippen LogP contribution is -2.33. The van der Waals surface area contributed by atoms with Crippen molar-refractivity contribution in [3.05, 3.63) is 11.9 Å². The van der Waals surface area contributed by atoms with E-state index in [1.54, 1.807) is 6.20 Å². The molecule has 0 aromatic carbocycles. The molecule has 1 aromatic rings. The average Bonchev–Trinajstić information content (AvgIpc) is 2.67. The molecule has 0 fully saturated rings. The summed E-state index contributed by atoms with van der Waals surface area (Å²) in [5, 5.41) is 19.2. The maximum Gasteiger partial charge on any atom is 0.208 e. The Morgan fingerprint density at radius 2 is 2.53 bits per heavy atom. The molecule has 0 bridgehead atoms. The Morgan fingerprint density at radius 3 is 3.13 bits per heavy atom. The summed E-state index contributed by atoms with van der Waals surface area (Å²) < 4.78 is 0. The normalized spacial score (nSPS) is 9.87. The smallest absolute Gasteiger partial charge is 0.208 e. The quantitative estimate of drug-likeness (QED) is 0.382. The van der Waals surface area contributed by atoms with Gasteiger partial charge in [-0.3, -0.25) is 15.3 Å². The van der Waals surface area contributed by atoms with Crippen molar-refractivity contribution in [1.82, 2.24) is 20.7 Å². The van der Waals surface area contributed by atoms with Crippen LogP contribution in [-0.2, 0) is 11.2 Å². The second-order valence-electron chi connectivity index (χ2n) is 2.70. The van der Waals surface area contributed by atoms with E-state index in [2.05, 4.69) is 20.7 Å². The van der Waals surface area contributed by atoms with E-state index < -0.39 is 0 Å². The van der Waals surface area contributed by atoms with Crippen molar-refractivity contribution in [2.24, 2.45) is 5.73 Å². The van der Waals surface area contributed by atoms with E-state index in [0.29, 0.717) is 12.2 Å². The number of rotatable bonds is 5. The van der Waals surface area contributed by atoms with Crippen LogP contribution in [0.2, 0.25) is 0 Å². The molecule has 0 spiro atoms. The fourth-order valence-corrected chi connectivity index (χ4v) is 1.55. The van der Waals surface area contributed by atoms with Crippen molar-refractivity contribution in [2.45, 2.75) is 6.42 Å². The number of guanidine groups is 1. The number of hydrogen-bond donors (Lipinski definition) is 4. The third-order valence-corrected chi connectivity index (χ3v) is 2.39. The van der Waals surface area contributed by atoms with Gasteiger partial charge in [0.15, 0.2) is 5.96 Å². The number of carbonyl (C=O) groups is 1. The Labute approximate surface area is 90.7 Å². The SMILES string of the molecule is N=C(N)NCC(=O)SCCc1c[nH]nn1. The zero-order valence-electron chi connectivity index (χ0n) is 7.99. The van der Waals surface area contributed by atoms with Crippen molar-refractivity contribution < 1.29 is 4.79 Å². The predicted octanol–water partition coefficient (Wildman–Crippen LogP) is -0.910. The minimum Gasteiger partial charge on any atom is -0.370 e. The van der Waals surface area contributed by atoms with Gasteiger partial charge < -0.3 is 11.1 Å². The number of hydrogen-bond acceptors (Lipinski definition) is 5. The van der Waals surface area contributed by atoms with Crippen LogP contribution in [0.3, 0.4) is 0 Å². The molecule has 0 amide bonds. The molecule has 0 aliphatic heterocycles. The van der Waals surface area contributed by atoms with E-state index in [0.717, 1.165) is 5.69 Å². The number of carbonyl (C=O) groups excluding carboxylic acids is 1. The molecule has 1 aromatic heterocycles.